The molecule has 0 aliphatic heterocycles. The number of fused-ring (bicyclic) bond motifs is 1. The van der Waals surface area contributed by atoms with Gasteiger partial charge in [0.1, 0.15) is 5.65 Å². The van der Waals surface area contributed by atoms with Gasteiger partial charge in [0.2, 0.25) is 0 Å². The normalized spacial score (nSPS) is 11.5. The Balaban J connectivity index is 2.22. The van der Waals surface area contributed by atoms with Crippen molar-refractivity contribution in [3.05, 3.63) is 30.1 Å². The number of ether oxygens (including phenoxy) is 1. The number of hydrogen-bond donors (Lipinski definition) is 1. The fourth-order valence-electron chi connectivity index (χ4n) is 1.92. The molecule has 0 saturated carbocycles. The summed E-state index contributed by atoms with van der Waals surface area (Å²) < 4.78 is 7.67. The molecule has 0 amide bonds. The number of aromatic nitrogens is 2. The zero-order chi connectivity index (χ0) is 12.3. The van der Waals surface area contributed by atoms with Crippen LogP contribution in [0.25, 0.3) is 11.0 Å². The van der Waals surface area contributed by atoms with Crippen molar-refractivity contribution in [2.45, 2.75) is 33.0 Å². The van der Waals surface area contributed by atoms with E-state index in [9.17, 15) is 0 Å². The minimum absolute atomic E-state index is 0.263. The summed E-state index contributed by atoms with van der Waals surface area (Å²) in [5.41, 5.74) is 7.86. The quantitative estimate of drug-likeness (QED) is 0.858. The molecule has 4 nitrogen and oxygen atoms in total. The van der Waals surface area contributed by atoms with Gasteiger partial charge in [-0.15, -0.1) is 0 Å². The van der Waals surface area contributed by atoms with E-state index >= 15 is 0 Å². The number of rotatable bonds is 5. The van der Waals surface area contributed by atoms with Crippen LogP contribution in [0.2, 0.25) is 0 Å². The highest BCUT2D eigenvalue weighted by Crippen LogP contribution is 2.18. The summed E-state index contributed by atoms with van der Waals surface area (Å²) in [4.78, 5) is 4.40. The van der Waals surface area contributed by atoms with Gasteiger partial charge in [-0.05, 0) is 31.5 Å². The van der Waals surface area contributed by atoms with Gasteiger partial charge >= 0.3 is 0 Å². The molecule has 0 spiro atoms. The van der Waals surface area contributed by atoms with Crippen LogP contribution in [0.1, 0.15) is 19.4 Å². The Hall–Kier alpha value is -1.39. The Morgan fingerprint density at radius 3 is 3.00 bits per heavy atom. The van der Waals surface area contributed by atoms with Crippen molar-refractivity contribution in [3.8, 4) is 0 Å². The highest BCUT2D eigenvalue weighted by molar-refractivity contribution is 5.80. The summed E-state index contributed by atoms with van der Waals surface area (Å²) in [6.45, 7) is 6.13. The molecule has 17 heavy (non-hydrogen) atoms. The summed E-state index contributed by atoms with van der Waals surface area (Å²) in [7, 11) is 0. The molecule has 0 aliphatic carbocycles. The van der Waals surface area contributed by atoms with Crippen LogP contribution < -0.4 is 5.73 Å². The number of nitrogens with zero attached hydrogens (tertiary/aromatic N) is 2. The molecule has 92 valence electrons. The Labute approximate surface area is 101 Å². The van der Waals surface area contributed by atoms with Crippen LogP contribution in [0.15, 0.2) is 24.5 Å². The Morgan fingerprint density at radius 2 is 2.29 bits per heavy atom. The standard InChI is InChI=1S/C13H19N3O/c1-10(2)17-7-6-16-9-11(8-14)12-4-3-5-15-13(12)16/h3-5,9-10H,6-8,14H2,1-2H3. The monoisotopic (exact) mass is 233 g/mol. The zero-order valence-corrected chi connectivity index (χ0v) is 10.4. The average Bonchev–Trinajstić information content (AvgIpc) is 2.68. The van der Waals surface area contributed by atoms with Crippen molar-refractivity contribution in [1.29, 1.82) is 0 Å². The molecule has 2 heterocycles. The highest BCUT2D eigenvalue weighted by atomic mass is 16.5. The van der Waals surface area contributed by atoms with E-state index in [4.69, 9.17) is 10.5 Å². The van der Waals surface area contributed by atoms with Crippen LogP contribution >= 0.6 is 0 Å². The van der Waals surface area contributed by atoms with Gasteiger partial charge in [-0.25, -0.2) is 4.98 Å². The van der Waals surface area contributed by atoms with Crippen molar-refractivity contribution in [3.63, 3.8) is 0 Å². The van der Waals surface area contributed by atoms with Crippen LogP contribution in [0.3, 0.4) is 0 Å². The molecule has 0 aliphatic rings. The first-order valence-corrected chi connectivity index (χ1v) is 5.96. The molecule has 2 N–H and O–H groups in total. The molecule has 0 aromatic carbocycles. The van der Waals surface area contributed by atoms with Gasteiger partial charge in [0.15, 0.2) is 0 Å². The molecule has 0 atom stereocenters. The van der Waals surface area contributed by atoms with Crippen LogP contribution in [-0.2, 0) is 17.8 Å². The molecule has 0 unspecified atom stereocenters. The van der Waals surface area contributed by atoms with Crippen molar-refractivity contribution in [2.75, 3.05) is 6.61 Å². The third-order valence-electron chi connectivity index (χ3n) is 2.72. The maximum atomic E-state index is 5.73. The van der Waals surface area contributed by atoms with Crippen LogP contribution in [-0.4, -0.2) is 22.3 Å². The van der Waals surface area contributed by atoms with Gasteiger partial charge in [-0.1, -0.05) is 0 Å². The lowest BCUT2D eigenvalue weighted by atomic mass is 10.2. The lowest BCUT2D eigenvalue weighted by Gasteiger charge is -2.08. The minimum atomic E-state index is 0.263. The summed E-state index contributed by atoms with van der Waals surface area (Å²) in [6.07, 6.45) is 4.14. The molecule has 4 heteroatoms. The maximum Gasteiger partial charge on any atom is 0.140 e. The first-order valence-electron chi connectivity index (χ1n) is 5.96. The molecule has 0 fully saturated rings. The summed E-state index contributed by atoms with van der Waals surface area (Å²) in [6, 6.07) is 4.00. The molecule has 2 aromatic heterocycles. The third-order valence-corrected chi connectivity index (χ3v) is 2.72. The van der Waals surface area contributed by atoms with Crippen LogP contribution in [0, 0.1) is 0 Å². The molecule has 2 rings (SSSR count). The Kier molecular flexibility index (Phi) is 3.76. The maximum absolute atomic E-state index is 5.73. The second-order valence-electron chi connectivity index (χ2n) is 4.35. The third kappa shape index (κ3) is 2.65. The van der Waals surface area contributed by atoms with E-state index in [1.807, 2.05) is 26.1 Å². The first kappa shape index (κ1) is 12.1. The lowest BCUT2D eigenvalue weighted by Crippen LogP contribution is -2.10. The topological polar surface area (TPSA) is 53.1 Å². The van der Waals surface area contributed by atoms with E-state index in [0.717, 1.165) is 23.1 Å². The molecule has 0 bridgehead atoms. The smallest absolute Gasteiger partial charge is 0.140 e. The average molecular weight is 233 g/mol. The molecule has 0 saturated heterocycles. The number of pyridine rings is 1. The van der Waals surface area contributed by atoms with Crippen molar-refractivity contribution < 1.29 is 4.74 Å². The van der Waals surface area contributed by atoms with E-state index in [1.54, 1.807) is 0 Å². The molecular formula is C13H19N3O. The fourth-order valence-corrected chi connectivity index (χ4v) is 1.92. The van der Waals surface area contributed by atoms with E-state index < -0.39 is 0 Å². The van der Waals surface area contributed by atoms with Gasteiger partial charge in [0.25, 0.3) is 0 Å². The summed E-state index contributed by atoms with van der Waals surface area (Å²) >= 11 is 0. The van der Waals surface area contributed by atoms with E-state index in [1.165, 1.54) is 0 Å². The first-order chi connectivity index (χ1) is 8.22. The van der Waals surface area contributed by atoms with E-state index in [-0.39, 0.29) is 6.10 Å². The number of hydrogen-bond acceptors (Lipinski definition) is 3. The summed E-state index contributed by atoms with van der Waals surface area (Å²) in [5, 5.41) is 1.14. The predicted molar refractivity (Wildman–Crippen MR) is 68.7 cm³/mol. The molecule has 2 aromatic rings. The van der Waals surface area contributed by atoms with E-state index in [0.29, 0.717) is 13.2 Å². The van der Waals surface area contributed by atoms with Crippen LogP contribution in [0.5, 0.6) is 0 Å². The zero-order valence-electron chi connectivity index (χ0n) is 10.4. The Morgan fingerprint density at radius 1 is 1.47 bits per heavy atom. The van der Waals surface area contributed by atoms with E-state index in [2.05, 4.69) is 21.8 Å². The van der Waals surface area contributed by atoms with Crippen molar-refractivity contribution in [2.24, 2.45) is 5.73 Å². The largest absolute Gasteiger partial charge is 0.377 e. The lowest BCUT2D eigenvalue weighted by molar-refractivity contribution is 0.0733. The number of nitrogens with two attached hydrogens (primary N) is 1. The summed E-state index contributed by atoms with van der Waals surface area (Å²) in [5.74, 6) is 0. The second-order valence-corrected chi connectivity index (χ2v) is 4.35. The van der Waals surface area contributed by atoms with Gasteiger partial charge < -0.3 is 15.0 Å². The highest BCUT2D eigenvalue weighted by Gasteiger charge is 2.07. The van der Waals surface area contributed by atoms with Gasteiger partial charge in [-0.3, -0.25) is 0 Å². The SMILES string of the molecule is CC(C)OCCn1cc(CN)c2cccnc21. The fraction of sp³-hybridized carbons (Fsp3) is 0.462. The second kappa shape index (κ2) is 5.29. The Bertz CT molecular complexity index is 490. The van der Waals surface area contributed by atoms with Crippen molar-refractivity contribution in [1.82, 2.24) is 9.55 Å². The van der Waals surface area contributed by atoms with Gasteiger partial charge in [0.05, 0.1) is 12.7 Å². The molecule has 0 radical (unpaired) electrons. The predicted octanol–water partition coefficient (Wildman–Crippen LogP) is 1.92. The minimum Gasteiger partial charge on any atom is -0.377 e. The van der Waals surface area contributed by atoms with Crippen LogP contribution in [0.4, 0.5) is 0 Å². The van der Waals surface area contributed by atoms with Crippen molar-refractivity contribution >= 4 is 11.0 Å². The van der Waals surface area contributed by atoms with Gasteiger partial charge in [0, 0.05) is 30.9 Å². The molecular weight excluding hydrogens is 214 g/mol. The van der Waals surface area contributed by atoms with Gasteiger partial charge in [-0.2, -0.15) is 0 Å².